The number of carbonyl (C=O) groups is 2. The van der Waals surface area contributed by atoms with Crippen LogP contribution in [0.1, 0.15) is 76.6 Å². The number of hydrogen-bond acceptors (Lipinski definition) is 5. The Balaban J connectivity index is 3.01. The zero-order valence-corrected chi connectivity index (χ0v) is 17.9. The smallest absolute Gasteiger partial charge is 0.341 e. The molecule has 0 spiro atoms. The van der Waals surface area contributed by atoms with Crippen molar-refractivity contribution >= 4 is 17.6 Å². The molecule has 0 saturated carbocycles. The second-order valence-corrected chi connectivity index (χ2v) is 7.04. The van der Waals surface area contributed by atoms with Crippen molar-refractivity contribution in [2.45, 2.75) is 71.8 Å². The van der Waals surface area contributed by atoms with Crippen LogP contribution in [0.15, 0.2) is 18.2 Å². The van der Waals surface area contributed by atoms with Crippen molar-refractivity contribution in [3.63, 3.8) is 0 Å². The molecule has 0 aliphatic heterocycles. The first-order chi connectivity index (χ1) is 13.4. The fraction of sp³-hybridized carbons (Fsp3) is 0.636. The van der Waals surface area contributed by atoms with Gasteiger partial charge in [-0.05, 0) is 44.4 Å². The quantitative estimate of drug-likeness (QED) is 0.378. The average molecular weight is 394 g/mol. The van der Waals surface area contributed by atoms with Gasteiger partial charge >= 0.3 is 5.97 Å². The number of carbonyl (C=O) groups excluding carboxylic acids is 2. The molecule has 0 aliphatic carbocycles. The largest absolute Gasteiger partial charge is 0.493 e. The standard InChI is InChI=1S/C22H35NO5/c1-6-9-10-13-22(4,28-15-8-3)21(25)23-17-11-12-19(27-14-7-2)18(16-17)20(24)26-5/h11-12,16H,6-10,13-15H2,1-5H3,(H,23,25)/t22-/m0/s1. The molecular formula is C22H35NO5. The molecule has 1 N–H and O–H groups in total. The highest BCUT2D eigenvalue weighted by molar-refractivity contribution is 5.99. The Morgan fingerprint density at radius 1 is 1.04 bits per heavy atom. The number of unbranched alkanes of at least 4 members (excludes halogenated alkanes) is 2. The molecular weight excluding hydrogens is 358 g/mol. The first kappa shape index (κ1) is 24.0. The molecule has 6 heteroatoms. The highest BCUT2D eigenvalue weighted by Crippen LogP contribution is 2.27. The Hall–Kier alpha value is -2.08. The average Bonchev–Trinajstić information content (AvgIpc) is 2.70. The van der Waals surface area contributed by atoms with Crippen LogP contribution in [0.4, 0.5) is 5.69 Å². The molecule has 6 nitrogen and oxygen atoms in total. The third kappa shape index (κ3) is 7.15. The molecule has 0 aromatic heterocycles. The van der Waals surface area contributed by atoms with Crippen molar-refractivity contribution in [2.24, 2.45) is 0 Å². The predicted molar refractivity (Wildman–Crippen MR) is 111 cm³/mol. The van der Waals surface area contributed by atoms with Crippen LogP contribution in [0.5, 0.6) is 5.75 Å². The second-order valence-electron chi connectivity index (χ2n) is 7.04. The Morgan fingerprint density at radius 2 is 1.75 bits per heavy atom. The van der Waals surface area contributed by atoms with Crippen LogP contribution in [-0.2, 0) is 14.3 Å². The van der Waals surface area contributed by atoms with E-state index in [-0.39, 0.29) is 11.5 Å². The van der Waals surface area contributed by atoms with Crippen LogP contribution in [0, 0.1) is 0 Å². The Labute approximate surface area is 168 Å². The lowest BCUT2D eigenvalue weighted by Crippen LogP contribution is -2.43. The summed E-state index contributed by atoms with van der Waals surface area (Å²) in [5.41, 5.74) is -0.111. The molecule has 0 fully saturated rings. The second kappa shape index (κ2) is 12.4. The fourth-order valence-corrected chi connectivity index (χ4v) is 2.77. The molecule has 1 amide bonds. The van der Waals surface area contributed by atoms with E-state index in [1.54, 1.807) is 18.2 Å². The molecule has 0 heterocycles. The minimum Gasteiger partial charge on any atom is -0.493 e. The van der Waals surface area contributed by atoms with Gasteiger partial charge in [0.1, 0.15) is 16.9 Å². The third-order valence-electron chi connectivity index (χ3n) is 4.47. The van der Waals surface area contributed by atoms with Gasteiger partial charge in [-0.1, -0.05) is 40.0 Å². The van der Waals surface area contributed by atoms with E-state index in [1.807, 2.05) is 20.8 Å². The molecule has 0 unspecified atom stereocenters. The molecule has 1 atom stereocenters. The SMILES string of the molecule is CCCCC[C@](C)(OCCC)C(=O)Nc1ccc(OCCC)c(C(=O)OC)c1. The van der Waals surface area contributed by atoms with Crippen molar-refractivity contribution in [3.8, 4) is 5.75 Å². The van der Waals surface area contributed by atoms with Crippen LogP contribution < -0.4 is 10.1 Å². The summed E-state index contributed by atoms with van der Waals surface area (Å²) in [6.45, 7) is 8.97. The van der Waals surface area contributed by atoms with Crippen LogP contribution in [0.3, 0.4) is 0 Å². The van der Waals surface area contributed by atoms with Crippen LogP contribution in [-0.4, -0.2) is 37.8 Å². The van der Waals surface area contributed by atoms with Crippen LogP contribution in [0.2, 0.25) is 0 Å². The summed E-state index contributed by atoms with van der Waals surface area (Å²) in [5, 5.41) is 2.89. The fourth-order valence-electron chi connectivity index (χ4n) is 2.77. The van der Waals surface area contributed by atoms with Crippen molar-refractivity contribution in [3.05, 3.63) is 23.8 Å². The van der Waals surface area contributed by atoms with Crippen molar-refractivity contribution < 1.29 is 23.8 Å². The highest BCUT2D eigenvalue weighted by atomic mass is 16.5. The van der Waals surface area contributed by atoms with Gasteiger partial charge in [-0.2, -0.15) is 0 Å². The summed E-state index contributed by atoms with van der Waals surface area (Å²) < 4.78 is 16.4. The number of anilines is 1. The lowest BCUT2D eigenvalue weighted by molar-refractivity contribution is -0.140. The number of amides is 1. The molecule has 158 valence electrons. The summed E-state index contributed by atoms with van der Waals surface area (Å²) in [4.78, 5) is 25.1. The van der Waals surface area contributed by atoms with Gasteiger partial charge in [0.15, 0.2) is 0 Å². The van der Waals surface area contributed by atoms with E-state index in [9.17, 15) is 9.59 Å². The Morgan fingerprint density at radius 3 is 2.36 bits per heavy atom. The van der Waals surface area contributed by atoms with Gasteiger partial charge in [0, 0.05) is 12.3 Å². The Bertz CT molecular complexity index is 631. The summed E-state index contributed by atoms with van der Waals surface area (Å²) in [7, 11) is 1.32. The topological polar surface area (TPSA) is 73.9 Å². The first-order valence-electron chi connectivity index (χ1n) is 10.2. The predicted octanol–water partition coefficient (Wildman–Crippen LogP) is 4.97. The van der Waals surface area contributed by atoms with E-state index in [4.69, 9.17) is 14.2 Å². The first-order valence-corrected chi connectivity index (χ1v) is 10.2. The van der Waals surface area contributed by atoms with Gasteiger partial charge in [0.05, 0.1) is 13.7 Å². The molecule has 0 aliphatic rings. The molecule has 0 saturated heterocycles. The number of methoxy groups -OCH3 is 1. The normalized spacial score (nSPS) is 12.9. The minimum absolute atomic E-state index is 0.213. The lowest BCUT2D eigenvalue weighted by Gasteiger charge is -2.29. The Kier molecular flexibility index (Phi) is 10.6. The van der Waals surface area contributed by atoms with E-state index in [0.29, 0.717) is 31.1 Å². The van der Waals surface area contributed by atoms with E-state index >= 15 is 0 Å². The summed E-state index contributed by atoms with van der Waals surface area (Å²) in [6, 6.07) is 4.99. The monoisotopic (exact) mass is 393 g/mol. The van der Waals surface area contributed by atoms with E-state index in [0.717, 1.165) is 32.1 Å². The molecule has 0 radical (unpaired) electrons. The molecule has 1 aromatic rings. The van der Waals surface area contributed by atoms with Gasteiger partial charge in [-0.25, -0.2) is 4.79 Å². The maximum absolute atomic E-state index is 13.0. The van der Waals surface area contributed by atoms with Crippen LogP contribution in [0.25, 0.3) is 0 Å². The maximum Gasteiger partial charge on any atom is 0.341 e. The minimum atomic E-state index is -0.909. The van der Waals surface area contributed by atoms with Gasteiger partial charge in [-0.3, -0.25) is 4.79 Å². The van der Waals surface area contributed by atoms with E-state index < -0.39 is 11.6 Å². The molecule has 28 heavy (non-hydrogen) atoms. The van der Waals surface area contributed by atoms with Crippen LogP contribution >= 0.6 is 0 Å². The van der Waals surface area contributed by atoms with E-state index in [1.165, 1.54) is 7.11 Å². The number of hydrogen-bond donors (Lipinski definition) is 1. The summed E-state index contributed by atoms with van der Waals surface area (Å²) in [5.74, 6) is -0.273. The number of rotatable bonds is 13. The van der Waals surface area contributed by atoms with Crippen molar-refractivity contribution in [2.75, 3.05) is 25.6 Å². The van der Waals surface area contributed by atoms with Gasteiger partial charge in [-0.15, -0.1) is 0 Å². The molecule has 1 aromatic carbocycles. The lowest BCUT2D eigenvalue weighted by atomic mass is 9.96. The third-order valence-corrected chi connectivity index (χ3v) is 4.47. The van der Waals surface area contributed by atoms with Gasteiger partial charge in [0.25, 0.3) is 5.91 Å². The highest BCUT2D eigenvalue weighted by Gasteiger charge is 2.33. The zero-order chi connectivity index (χ0) is 21.0. The van der Waals surface area contributed by atoms with Crippen molar-refractivity contribution in [1.29, 1.82) is 0 Å². The van der Waals surface area contributed by atoms with Gasteiger partial charge < -0.3 is 19.5 Å². The summed E-state index contributed by atoms with van der Waals surface area (Å²) >= 11 is 0. The maximum atomic E-state index is 13.0. The number of esters is 1. The molecule has 1 rings (SSSR count). The summed E-state index contributed by atoms with van der Waals surface area (Å²) in [6.07, 6.45) is 5.35. The zero-order valence-electron chi connectivity index (χ0n) is 17.9. The number of benzene rings is 1. The number of ether oxygens (including phenoxy) is 3. The van der Waals surface area contributed by atoms with Gasteiger partial charge in [0.2, 0.25) is 0 Å². The molecule has 0 bridgehead atoms. The number of nitrogens with one attached hydrogen (secondary N) is 1. The van der Waals surface area contributed by atoms with Crippen molar-refractivity contribution in [1.82, 2.24) is 0 Å². The van der Waals surface area contributed by atoms with E-state index in [2.05, 4.69) is 12.2 Å².